The van der Waals surface area contributed by atoms with Crippen molar-refractivity contribution in [2.24, 2.45) is 0 Å². The number of carbonyl (C=O) groups is 2. The number of rotatable bonds is 3. The minimum Gasteiger partial charge on any atom is -0.507 e. The minimum absolute atomic E-state index is 0.0509. The molecule has 0 radical (unpaired) electrons. The number of aliphatic hydroxyl groups is 1. The topological polar surface area (TPSA) is 70.5 Å². The molecular weight excluding hydrogens is 392 g/mol. The molecule has 0 saturated carbocycles. The molecule has 8 heteroatoms. The van der Waals surface area contributed by atoms with E-state index in [0.29, 0.717) is 15.7 Å². The van der Waals surface area contributed by atoms with Crippen LogP contribution in [-0.4, -0.2) is 21.8 Å². The van der Waals surface area contributed by atoms with Crippen molar-refractivity contribution in [2.45, 2.75) is 6.04 Å². The van der Waals surface area contributed by atoms with Crippen molar-refractivity contribution >= 4 is 56.9 Å². The Balaban J connectivity index is 1.92. The number of thiazole rings is 1. The Morgan fingerprint density at radius 2 is 1.88 bits per heavy atom. The fourth-order valence-electron chi connectivity index (χ4n) is 2.84. The molecule has 1 atom stereocenters. The second-order valence-electron chi connectivity index (χ2n) is 5.51. The summed E-state index contributed by atoms with van der Waals surface area (Å²) in [6.07, 6.45) is 1.57. The number of carbonyl (C=O) groups excluding carboxylic acids is 2. The van der Waals surface area contributed by atoms with Gasteiger partial charge in [0, 0.05) is 27.0 Å². The lowest BCUT2D eigenvalue weighted by Crippen LogP contribution is -2.28. The molecule has 130 valence electrons. The summed E-state index contributed by atoms with van der Waals surface area (Å²) in [4.78, 5) is 31.7. The smallest absolute Gasteiger partial charge is 0.301 e. The molecule has 1 aromatic carbocycles. The molecule has 0 bridgehead atoms. The number of amides is 1. The quantitative estimate of drug-likeness (QED) is 0.398. The number of hydrogen-bond donors (Lipinski definition) is 1. The first-order valence-corrected chi connectivity index (χ1v) is 9.71. The molecule has 0 aliphatic carbocycles. The highest BCUT2D eigenvalue weighted by Crippen LogP contribution is 2.43. The highest BCUT2D eigenvalue weighted by atomic mass is 35.5. The average molecular weight is 403 g/mol. The molecule has 4 rings (SSSR count). The van der Waals surface area contributed by atoms with E-state index in [4.69, 9.17) is 11.6 Å². The van der Waals surface area contributed by atoms with Crippen LogP contribution < -0.4 is 4.90 Å². The van der Waals surface area contributed by atoms with Gasteiger partial charge in [-0.2, -0.15) is 0 Å². The fourth-order valence-corrected chi connectivity index (χ4v) is 4.46. The van der Waals surface area contributed by atoms with E-state index in [1.807, 2.05) is 17.5 Å². The SMILES string of the molecule is O=C1C(=O)N(c2nccs2)[C@H](c2cccs2)/C1=C(\O)c1ccc(Cl)cc1. The predicted octanol–water partition coefficient (Wildman–Crippen LogP) is 4.48. The van der Waals surface area contributed by atoms with Crippen LogP contribution in [-0.2, 0) is 9.59 Å². The molecule has 5 nitrogen and oxygen atoms in total. The summed E-state index contributed by atoms with van der Waals surface area (Å²) >= 11 is 8.57. The third-order valence-electron chi connectivity index (χ3n) is 4.00. The van der Waals surface area contributed by atoms with E-state index in [0.717, 1.165) is 4.88 Å². The normalized spacial score (nSPS) is 19.3. The lowest BCUT2D eigenvalue weighted by Gasteiger charge is -2.21. The summed E-state index contributed by atoms with van der Waals surface area (Å²) in [5.74, 6) is -1.66. The highest BCUT2D eigenvalue weighted by Gasteiger charge is 2.48. The molecule has 3 aromatic rings. The Labute approximate surface area is 161 Å². The van der Waals surface area contributed by atoms with Crippen molar-refractivity contribution in [1.82, 2.24) is 4.98 Å². The molecule has 2 aromatic heterocycles. The number of aliphatic hydroxyl groups excluding tert-OH is 1. The van der Waals surface area contributed by atoms with E-state index in [9.17, 15) is 14.7 Å². The molecule has 1 saturated heterocycles. The van der Waals surface area contributed by atoms with E-state index in [1.54, 1.807) is 35.8 Å². The van der Waals surface area contributed by atoms with Crippen molar-refractivity contribution in [1.29, 1.82) is 0 Å². The molecular formula is C18H11ClN2O3S2. The van der Waals surface area contributed by atoms with Gasteiger partial charge >= 0.3 is 5.91 Å². The standard InChI is InChI=1S/C18H11ClN2O3S2/c19-11-5-3-10(4-6-11)15(22)13-14(12-2-1-8-25-12)21(17(24)16(13)23)18-20-7-9-26-18/h1-9,14,22H/b15-13+/t14-/m1/s1. The average Bonchev–Trinajstić information content (AvgIpc) is 3.37. The van der Waals surface area contributed by atoms with Gasteiger partial charge in [0.05, 0.1) is 5.57 Å². The number of Topliss-reactive ketones (excluding diaryl/α,β-unsaturated/α-hetero) is 1. The lowest BCUT2D eigenvalue weighted by atomic mass is 10.00. The first kappa shape index (κ1) is 17.0. The predicted molar refractivity (Wildman–Crippen MR) is 103 cm³/mol. The van der Waals surface area contributed by atoms with Crippen LogP contribution in [0.25, 0.3) is 5.76 Å². The van der Waals surface area contributed by atoms with Gasteiger partial charge < -0.3 is 5.11 Å². The number of thiophene rings is 1. The Morgan fingerprint density at radius 3 is 2.50 bits per heavy atom. The Bertz CT molecular complexity index is 996. The number of anilines is 1. The zero-order valence-electron chi connectivity index (χ0n) is 13.1. The van der Waals surface area contributed by atoms with Gasteiger partial charge in [-0.1, -0.05) is 17.7 Å². The number of halogens is 1. The van der Waals surface area contributed by atoms with Crippen LogP contribution in [0.5, 0.6) is 0 Å². The Hall–Kier alpha value is -2.48. The van der Waals surface area contributed by atoms with Crippen LogP contribution >= 0.6 is 34.3 Å². The summed E-state index contributed by atoms with van der Waals surface area (Å²) < 4.78 is 0. The summed E-state index contributed by atoms with van der Waals surface area (Å²) in [5, 5.41) is 15.3. The zero-order chi connectivity index (χ0) is 18.3. The summed E-state index contributed by atoms with van der Waals surface area (Å²) in [6, 6.07) is 9.42. The Morgan fingerprint density at radius 1 is 1.12 bits per heavy atom. The van der Waals surface area contributed by atoms with Gasteiger partial charge in [-0.25, -0.2) is 4.98 Å². The van der Waals surface area contributed by atoms with Crippen LogP contribution in [0.4, 0.5) is 5.13 Å². The molecule has 26 heavy (non-hydrogen) atoms. The van der Waals surface area contributed by atoms with E-state index in [2.05, 4.69) is 4.98 Å². The van der Waals surface area contributed by atoms with Gasteiger partial charge in [0.15, 0.2) is 5.13 Å². The molecule has 1 aliphatic rings. The summed E-state index contributed by atoms with van der Waals surface area (Å²) in [5.41, 5.74) is 0.475. The molecule has 0 spiro atoms. The first-order chi connectivity index (χ1) is 12.6. The van der Waals surface area contributed by atoms with Gasteiger partial charge in [-0.15, -0.1) is 22.7 Å². The molecule has 1 amide bonds. The van der Waals surface area contributed by atoms with Gasteiger partial charge in [-0.3, -0.25) is 14.5 Å². The van der Waals surface area contributed by atoms with Crippen molar-refractivity contribution in [3.8, 4) is 0 Å². The maximum atomic E-state index is 12.7. The monoisotopic (exact) mass is 402 g/mol. The third kappa shape index (κ3) is 2.74. The maximum Gasteiger partial charge on any atom is 0.301 e. The van der Waals surface area contributed by atoms with Crippen molar-refractivity contribution < 1.29 is 14.7 Å². The van der Waals surface area contributed by atoms with Gasteiger partial charge in [0.1, 0.15) is 11.8 Å². The van der Waals surface area contributed by atoms with E-state index >= 15 is 0 Å². The molecule has 0 unspecified atom stereocenters. The summed E-state index contributed by atoms with van der Waals surface area (Å²) in [6.45, 7) is 0. The molecule has 1 N–H and O–H groups in total. The lowest BCUT2D eigenvalue weighted by molar-refractivity contribution is -0.132. The van der Waals surface area contributed by atoms with Gasteiger partial charge in [0.25, 0.3) is 5.78 Å². The zero-order valence-corrected chi connectivity index (χ0v) is 15.5. The number of benzene rings is 1. The molecule has 1 aliphatic heterocycles. The molecule has 1 fully saturated rings. The second-order valence-corrected chi connectivity index (χ2v) is 7.79. The van der Waals surface area contributed by atoms with Crippen LogP contribution in [0.3, 0.4) is 0 Å². The molecule has 3 heterocycles. The maximum absolute atomic E-state index is 12.7. The van der Waals surface area contributed by atoms with Crippen LogP contribution in [0.15, 0.2) is 58.9 Å². The van der Waals surface area contributed by atoms with Crippen molar-refractivity contribution in [3.63, 3.8) is 0 Å². The number of ketones is 1. The van der Waals surface area contributed by atoms with E-state index in [-0.39, 0.29) is 11.3 Å². The van der Waals surface area contributed by atoms with Crippen molar-refractivity contribution in [3.05, 3.63) is 74.4 Å². The number of aromatic nitrogens is 1. The highest BCUT2D eigenvalue weighted by molar-refractivity contribution is 7.14. The first-order valence-electron chi connectivity index (χ1n) is 7.58. The van der Waals surface area contributed by atoms with Crippen LogP contribution in [0.1, 0.15) is 16.5 Å². The van der Waals surface area contributed by atoms with Gasteiger partial charge in [0.2, 0.25) is 0 Å². The van der Waals surface area contributed by atoms with Crippen LogP contribution in [0, 0.1) is 0 Å². The van der Waals surface area contributed by atoms with E-state index < -0.39 is 17.7 Å². The largest absolute Gasteiger partial charge is 0.507 e. The summed E-state index contributed by atoms with van der Waals surface area (Å²) in [7, 11) is 0. The minimum atomic E-state index is -0.731. The van der Waals surface area contributed by atoms with E-state index in [1.165, 1.54) is 27.6 Å². The number of nitrogens with zero attached hydrogens (tertiary/aromatic N) is 2. The number of hydrogen-bond acceptors (Lipinski definition) is 6. The second kappa shape index (κ2) is 6.68. The Kier molecular flexibility index (Phi) is 4.36. The fraction of sp³-hybridized carbons (Fsp3) is 0.0556. The van der Waals surface area contributed by atoms with Crippen molar-refractivity contribution in [2.75, 3.05) is 4.90 Å². The third-order valence-corrected chi connectivity index (χ3v) is 5.95. The van der Waals surface area contributed by atoms with Gasteiger partial charge in [-0.05, 0) is 35.7 Å². The van der Waals surface area contributed by atoms with Crippen LogP contribution in [0.2, 0.25) is 5.02 Å².